The van der Waals surface area contributed by atoms with Gasteiger partial charge in [-0.15, -0.1) is 0 Å². The molecule has 7 heteroatoms. The Labute approximate surface area is 182 Å². The lowest BCUT2D eigenvalue weighted by Gasteiger charge is -2.20. The van der Waals surface area contributed by atoms with Crippen LogP contribution in [-0.2, 0) is 6.54 Å². The van der Waals surface area contributed by atoms with Gasteiger partial charge in [0.15, 0.2) is 5.13 Å². The molecule has 1 amide bonds. The number of fused-ring (bicyclic) bond motifs is 1. The molecule has 4 rings (SSSR count). The molecule has 0 atom stereocenters. The van der Waals surface area contributed by atoms with Crippen LogP contribution >= 0.6 is 34.5 Å². The maximum Gasteiger partial charge on any atom is 0.260 e. The summed E-state index contributed by atoms with van der Waals surface area (Å²) in [5.41, 5.74) is 4.48. The zero-order valence-electron chi connectivity index (χ0n) is 15.8. The molecule has 4 nitrogen and oxygen atoms in total. The van der Waals surface area contributed by atoms with Crippen LogP contribution < -0.4 is 4.90 Å². The number of rotatable bonds is 4. The first-order chi connectivity index (χ1) is 13.9. The number of thiazole rings is 1. The van der Waals surface area contributed by atoms with Crippen LogP contribution in [0.15, 0.2) is 54.9 Å². The lowest BCUT2D eigenvalue weighted by molar-refractivity contribution is 0.0985. The molecule has 2 aromatic carbocycles. The summed E-state index contributed by atoms with van der Waals surface area (Å²) in [4.78, 5) is 24.0. The smallest absolute Gasteiger partial charge is 0.260 e. The third kappa shape index (κ3) is 4.27. The van der Waals surface area contributed by atoms with E-state index in [0.717, 1.165) is 26.9 Å². The fourth-order valence-electron chi connectivity index (χ4n) is 3.21. The summed E-state index contributed by atoms with van der Waals surface area (Å²) < 4.78 is 1.07. The van der Waals surface area contributed by atoms with Crippen molar-refractivity contribution in [2.75, 3.05) is 4.90 Å². The lowest BCUT2D eigenvalue weighted by atomic mass is 10.1. The van der Waals surface area contributed by atoms with Crippen LogP contribution in [-0.4, -0.2) is 15.9 Å². The maximum atomic E-state index is 13.4. The molecule has 0 saturated heterocycles. The van der Waals surface area contributed by atoms with Gasteiger partial charge < -0.3 is 0 Å². The Hall–Kier alpha value is -2.47. The van der Waals surface area contributed by atoms with Gasteiger partial charge in [-0.1, -0.05) is 46.7 Å². The second-order valence-corrected chi connectivity index (χ2v) is 8.69. The number of hydrogen-bond acceptors (Lipinski definition) is 4. The van der Waals surface area contributed by atoms with Crippen molar-refractivity contribution in [1.82, 2.24) is 9.97 Å². The molecule has 0 N–H and O–H groups in total. The molecule has 0 radical (unpaired) electrons. The average molecular weight is 442 g/mol. The summed E-state index contributed by atoms with van der Waals surface area (Å²) in [7, 11) is 0. The Kier molecular flexibility index (Phi) is 5.54. The number of pyridine rings is 1. The first kappa shape index (κ1) is 19.8. The third-order valence-electron chi connectivity index (χ3n) is 4.46. The monoisotopic (exact) mass is 441 g/mol. The topological polar surface area (TPSA) is 46.1 Å². The number of aromatic nitrogens is 2. The molecule has 0 fully saturated rings. The minimum Gasteiger partial charge on any atom is -0.279 e. The minimum absolute atomic E-state index is 0.216. The molecule has 29 heavy (non-hydrogen) atoms. The first-order valence-electron chi connectivity index (χ1n) is 8.95. The van der Waals surface area contributed by atoms with Gasteiger partial charge >= 0.3 is 0 Å². The minimum atomic E-state index is -0.216. The highest BCUT2D eigenvalue weighted by Gasteiger charge is 2.23. The van der Waals surface area contributed by atoms with E-state index in [9.17, 15) is 4.79 Å². The zero-order valence-corrected chi connectivity index (χ0v) is 18.1. The Morgan fingerprint density at radius 2 is 1.86 bits per heavy atom. The van der Waals surface area contributed by atoms with Crippen LogP contribution in [0.4, 0.5) is 5.13 Å². The number of hydrogen-bond donors (Lipinski definition) is 0. The number of halogens is 2. The quantitative estimate of drug-likeness (QED) is 0.364. The molecule has 0 unspecified atom stereocenters. The van der Waals surface area contributed by atoms with Gasteiger partial charge in [0.05, 0.1) is 16.8 Å². The highest BCUT2D eigenvalue weighted by Crippen LogP contribution is 2.34. The van der Waals surface area contributed by atoms with Gasteiger partial charge in [-0.05, 0) is 60.9 Å². The molecule has 0 aliphatic heterocycles. The van der Waals surface area contributed by atoms with E-state index in [4.69, 9.17) is 28.2 Å². The van der Waals surface area contributed by atoms with E-state index in [0.29, 0.717) is 27.3 Å². The number of anilines is 1. The average Bonchev–Trinajstić information content (AvgIpc) is 3.09. The Bertz CT molecular complexity index is 1190. The van der Waals surface area contributed by atoms with Crippen molar-refractivity contribution in [3.63, 3.8) is 0 Å². The van der Waals surface area contributed by atoms with Crippen molar-refractivity contribution >= 4 is 55.8 Å². The highest BCUT2D eigenvalue weighted by atomic mass is 35.5. The van der Waals surface area contributed by atoms with Gasteiger partial charge in [0.2, 0.25) is 0 Å². The second kappa shape index (κ2) is 8.11. The molecule has 146 valence electrons. The summed E-state index contributed by atoms with van der Waals surface area (Å²) >= 11 is 13.8. The molecule has 2 aromatic heterocycles. The molecular weight excluding hydrogens is 425 g/mol. The number of amides is 1. The summed E-state index contributed by atoms with van der Waals surface area (Å²) in [6, 6.07) is 12.8. The molecular formula is C22H17Cl2N3OS. The van der Waals surface area contributed by atoms with E-state index >= 15 is 0 Å². The van der Waals surface area contributed by atoms with E-state index in [1.54, 1.807) is 35.5 Å². The van der Waals surface area contributed by atoms with Crippen molar-refractivity contribution in [2.24, 2.45) is 0 Å². The van der Waals surface area contributed by atoms with Gasteiger partial charge in [-0.3, -0.25) is 14.7 Å². The summed E-state index contributed by atoms with van der Waals surface area (Å²) in [5.74, 6) is -0.216. The van der Waals surface area contributed by atoms with Crippen LogP contribution in [0.1, 0.15) is 27.0 Å². The molecule has 0 aliphatic carbocycles. The predicted molar refractivity (Wildman–Crippen MR) is 120 cm³/mol. The summed E-state index contributed by atoms with van der Waals surface area (Å²) in [6.07, 6.45) is 3.45. The van der Waals surface area contributed by atoms with Crippen molar-refractivity contribution in [3.8, 4) is 0 Å². The second-order valence-electron chi connectivity index (χ2n) is 6.84. The number of aryl methyl sites for hydroxylation is 2. The van der Waals surface area contributed by atoms with Crippen molar-refractivity contribution < 1.29 is 4.79 Å². The summed E-state index contributed by atoms with van der Waals surface area (Å²) in [6.45, 7) is 4.44. The predicted octanol–water partition coefficient (Wildman–Crippen LogP) is 6.46. The normalized spacial score (nSPS) is 11.0. The van der Waals surface area contributed by atoms with Crippen molar-refractivity contribution in [2.45, 2.75) is 20.4 Å². The number of benzene rings is 2. The van der Waals surface area contributed by atoms with Crippen LogP contribution in [0.2, 0.25) is 10.0 Å². The lowest BCUT2D eigenvalue weighted by Crippen LogP contribution is -2.30. The molecule has 0 spiro atoms. The van der Waals surface area contributed by atoms with Gasteiger partial charge in [0.1, 0.15) is 0 Å². The third-order valence-corrected chi connectivity index (χ3v) is 6.12. The van der Waals surface area contributed by atoms with E-state index in [2.05, 4.69) is 18.0 Å². The maximum absolute atomic E-state index is 13.4. The van der Waals surface area contributed by atoms with Crippen LogP contribution in [0.3, 0.4) is 0 Å². The SMILES string of the molecule is Cc1cc(C)c2sc(N(Cc3cccnc3)C(=O)c3cc(Cl)cc(Cl)c3)nc2c1. The molecule has 0 saturated carbocycles. The Balaban J connectivity index is 1.82. The number of nitrogens with zero attached hydrogens (tertiary/aromatic N) is 3. The van der Waals surface area contributed by atoms with Crippen LogP contribution in [0, 0.1) is 13.8 Å². The van der Waals surface area contributed by atoms with Gasteiger partial charge in [0.25, 0.3) is 5.91 Å². The van der Waals surface area contributed by atoms with Crippen LogP contribution in [0.25, 0.3) is 10.2 Å². The number of carbonyl (C=O) groups is 1. The van der Waals surface area contributed by atoms with E-state index in [-0.39, 0.29) is 5.91 Å². The molecule has 2 heterocycles. The fourth-order valence-corrected chi connectivity index (χ4v) is 4.75. The van der Waals surface area contributed by atoms with E-state index < -0.39 is 0 Å². The Morgan fingerprint density at radius 3 is 2.55 bits per heavy atom. The molecule has 0 aliphatic rings. The van der Waals surface area contributed by atoms with Crippen molar-refractivity contribution in [1.29, 1.82) is 0 Å². The van der Waals surface area contributed by atoms with Crippen molar-refractivity contribution in [3.05, 3.63) is 87.2 Å². The summed E-state index contributed by atoms with van der Waals surface area (Å²) in [5, 5.41) is 1.45. The number of carbonyl (C=O) groups excluding carboxylic acids is 1. The first-order valence-corrected chi connectivity index (χ1v) is 10.5. The van der Waals surface area contributed by atoms with Gasteiger partial charge in [-0.25, -0.2) is 4.98 Å². The largest absolute Gasteiger partial charge is 0.279 e. The van der Waals surface area contributed by atoms with E-state index in [1.165, 1.54) is 11.3 Å². The fraction of sp³-hybridized carbons (Fsp3) is 0.136. The van der Waals surface area contributed by atoms with Gasteiger partial charge in [0, 0.05) is 28.0 Å². The molecule has 0 bridgehead atoms. The Morgan fingerprint density at radius 1 is 1.10 bits per heavy atom. The highest BCUT2D eigenvalue weighted by molar-refractivity contribution is 7.22. The van der Waals surface area contributed by atoms with E-state index in [1.807, 2.05) is 25.1 Å². The zero-order chi connectivity index (χ0) is 20.5. The van der Waals surface area contributed by atoms with Crippen LogP contribution in [0.5, 0.6) is 0 Å². The molecule has 4 aromatic rings. The standard InChI is InChI=1S/C22H17Cl2N3OS/c1-13-6-14(2)20-19(7-13)26-22(29-20)27(12-15-4-3-5-25-11-15)21(28)16-8-17(23)10-18(24)9-16/h3-11H,12H2,1-2H3. The van der Waals surface area contributed by atoms with Gasteiger partial charge in [-0.2, -0.15) is 0 Å².